The minimum atomic E-state index is -0.373. The van der Waals surface area contributed by atoms with Gasteiger partial charge in [-0.15, -0.1) is 11.3 Å². The van der Waals surface area contributed by atoms with Gasteiger partial charge in [-0.2, -0.15) is 0 Å². The topological polar surface area (TPSA) is 46.2 Å². The smallest absolute Gasteiger partial charge is 0.0691 e. The molecule has 0 aromatic carbocycles. The molecule has 0 fully saturated rings. The summed E-state index contributed by atoms with van der Waals surface area (Å²) in [6.07, 6.45) is 1.32. The average Bonchev–Trinajstić information content (AvgIpc) is 2.47. The highest BCUT2D eigenvalue weighted by Gasteiger charge is 2.09. The molecule has 74 valence electrons. The quantitative estimate of drug-likeness (QED) is 0.775. The second-order valence-electron chi connectivity index (χ2n) is 3.48. The Morgan fingerprint density at radius 1 is 1.54 bits per heavy atom. The van der Waals surface area contributed by atoms with E-state index in [1.807, 2.05) is 6.92 Å². The lowest BCUT2D eigenvalue weighted by Gasteiger charge is -2.12. The fraction of sp³-hybridized carbons (Fsp3) is 0.600. The molecule has 0 aliphatic heterocycles. The highest BCUT2D eigenvalue weighted by molar-refractivity contribution is 7.11. The predicted molar refractivity (Wildman–Crippen MR) is 57.0 cm³/mol. The summed E-state index contributed by atoms with van der Waals surface area (Å²) in [5, 5.41) is 9.47. The first-order valence-corrected chi connectivity index (χ1v) is 5.40. The summed E-state index contributed by atoms with van der Waals surface area (Å²) in [6, 6.07) is 4.10. The van der Waals surface area contributed by atoms with Crippen molar-refractivity contribution in [3.8, 4) is 0 Å². The monoisotopic (exact) mass is 199 g/mol. The minimum absolute atomic E-state index is 0.124. The molecule has 2 atom stereocenters. The van der Waals surface area contributed by atoms with Crippen LogP contribution in [-0.4, -0.2) is 17.3 Å². The first-order valence-electron chi connectivity index (χ1n) is 4.58. The van der Waals surface area contributed by atoms with E-state index in [2.05, 4.69) is 19.1 Å². The summed E-state index contributed by atoms with van der Waals surface area (Å²) >= 11 is 1.79. The van der Waals surface area contributed by atoms with Gasteiger partial charge in [-0.25, -0.2) is 0 Å². The lowest BCUT2D eigenvalue weighted by molar-refractivity contribution is 0.142. The Bertz CT molecular complexity index is 257. The number of rotatable bonds is 4. The van der Waals surface area contributed by atoms with Crippen molar-refractivity contribution >= 4 is 11.3 Å². The molecule has 3 N–H and O–H groups in total. The lowest BCUT2D eigenvalue weighted by atomic mass is 10.1. The van der Waals surface area contributed by atoms with Crippen LogP contribution in [-0.2, 0) is 6.42 Å². The van der Waals surface area contributed by atoms with Gasteiger partial charge in [-0.1, -0.05) is 0 Å². The molecular formula is C10H17NOS. The normalized spacial score (nSPS) is 15.7. The molecule has 3 heteroatoms. The molecule has 0 radical (unpaired) electrons. The third-order valence-electron chi connectivity index (χ3n) is 2.09. The zero-order valence-corrected chi connectivity index (χ0v) is 8.97. The van der Waals surface area contributed by atoms with Crippen LogP contribution in [0.1, 0.15) is 23.1 Å². The lowest BCUT2D eigenvalue weighted by Crippen LogP contribution is -2.31. The van der Waals surface area contributed by atoms with E-state index in [0.29, 0.717) is 0 Å². The van der Waals surface area contributed by atoms with Crippen LogP contribution in [0.3, 0.4) is 0 Å². The van der Waals surface area contributed by atoms with E-state index >= 15 is 0 Å². The molecule has 2 unspecified atom stereocenters. The maximum absolute atomic E-state index is 9.47. The average molecular weight is 199 g/mol. The molecule has 0 amide bonds. The van der Waals surface area contributed by atoms with Crippen LogP contribution in [0.2, 0.25) is 0 Å². The number of aryl methyl sites for hydroxylation is 2. The van der Waals surface area contributed by atoms with Crippen molar-refractivity contribution in [2.75, 3.05) is 0 Å². The minimum Gasteiger partial charge on any atom is -0.392 e. The molecule has 0 bridgehead atoms. The van der Waals surface area contributed by atoms with Gasteiger partial charge in [-0.05, 0) is 38.8 Å². The number of nitrogens with two attached hydrogens (primary N) is 1. The second kappa shape index (κ2) is 4.74. The number of hydrogen-bond acceptors (Lipinski definition) is 3. The van der Waals surface area contributed by atoms with Crippen molar-refractivity contribution in [2.24, 2.45) is 5.73 Å². The Balaban J connectivity index is 2.35. The Labute approximate surface area is 83.4 Å². The van der Waals surface area contributed by atoms with Gasteiger partial charge in [0.15, 0.2) is 0 Å². The molecular weight excluding hydrogens is 182 g/mol. The van der Waals surface area contributed by atoms with Gasteiger partial charge < -0.3 is 10.8 Å². The van der Waals surface area contributed by atoms with E-state index < -0.39 is 0 Å². The number of aliphatic hydroxyl groups excluding tert-OH is 1. The molecule has 1 aromatic heterocycles. The van der Waals surface area contributed by atoms with Crippen LogP contribution >= 0.6 is 11.3 Å². The van der Waals surface area contributed by atoms with Crippen LogP contribution in [0, 0.1) is 6.92 Å². The highest BCUT2D eigenvalue weighted by Crippen LogP contribution is 2.17. The van der Waals surface area contributed by atoms with Gasteiger partial charge in [0.25, 0.3) is 0 Å². The van der Waals surface area contributed by atoms with E-state index in [9.17, 15) is 5.11 Å². The molecule has 0 aliphatic carbocycles. The third-order valence-corrected chi connectivity index (χ3v) is 3.15. The maximum atomic E-state index is 9.47. The van der Waals surface area contributed by atoms with Crippen molar-refractivity contribution in [1.29, 1.82) is 0 Å². The molecule has 0 saturated carbocycles. The van der Waals surface area contributed by atoms with Gasteiger partial charge in [-0.3, -0.25) is 0 Å². The predicted octanol–water partition coefficient (Wildman–Crippen LogP) is 1.70. The summed E-state index contributed by atoms with van der Waals surface area (Å²) < 4.78 is 0. The molecule has 1 heterocycles. The fourth-order valence-corrected chi connectivity index (χ4v) is 2.08. The van der Waals surface area contributed by atoms with E-state index in [1.54, 1.807) is 11.3 Å². The molecule has 1 rings (SSSR count). The Morgan fingerprint density at radius 2 is 2.23 bits per heavy atom. The molecule has 0 saturated heterocycles. The van der Waals surface area contributed by atoms with Crippen LogP contribution in [0.4, 0.5) is 0 Å². The van der Waals surface area contributed by atoms with Gasteiger partial charge in [0, 0.05) is 15.8 Å². The van der Waals surface area contributed by atoms with Crippen molar-refractivity contribution in [3.05, 3.63) is 21.9 Å². The van der Waals surface area contributed by atoms with E-state index in [-0.39, 0.29) is 12.1 Å². The summed E-state index contributed by atoms with van der Waals surface area (Å²) in [7, 11) is 0. The van der Waals surface area contributed by atoms with Gasteiger partial charge >= 0.3 is 0 Å². The summed E-state index contributed by atoms with van der Waals surface area (Å²) in [6.45, 7) is 3.93. The number of thiophene rings is 1. The van der Waals surface area contributed by atoms with Crippen molar-refractivity contribution < 1.29 is 5.11 Å². The third kappa shape index (κ3) is 3.46. The largest absolute Gasteiger partial charge is 0.392 e. The molecule has 0 aliphatic rings. The fourth-order valence-electron chi connectivity index (χ4n) is 1.17. The summed E-state index contributed by atoms with van der Waals surface area (Å²) in [4.78, 5) is 2.66. The Morgan fingerprint density at radius 3 is 2.69 bits per heavy atom. The maximum Gasteiger partial charge on any atom is 0.0691 e. The van der Waals surface area contributed by atoms with Gasteiger partial charge in [0.1, 0.15) is 0 Å². The summed E-state index contributed by atoms with van der Waals surface area (Å²) in [5.74, 6) is 0. The van der Waals surface area contributed by atoms with Crippen LogP contribution < -0.4 is 5.73 Å². The Hall–Kier alpha value is -0.380. The summed E-state index contributed by atoms with van der Waals surface area (Å²) in [5.41, 5.74) is 5.56. The van der Waals surface area contributed by atoms with E-state index in [0.717, 1.165) is 12.8 Å². The second-order valence-corrected chi connectivity index (χ2v) is 4.85. The van der Waals surface area contributed by atoms with Crippen LogP contribution in [0.15, 0.2) is 12.1 Å². The van der Waals surface area contributed by atoms with E-state index in [4.69, 9.17) is 5.73 Å². The molecule has 13 heavy (non-hydrogen) atoms. The van der Waals surface area contributed by atoms with Gasteiger partial charge in [0.2, 0.25) is 0 Å². The standard InChI is InChI=1S/C10H17NOS/c1-7-3-4-9(13-7)5-6-10(12)8(2)11/h3-4,8,10,12H,5-6,11H2,1-2H3. The van der Waals surface area contributed by atoms with Crippen molar-refractivity contribution in [3.63, 3.8) is 0 Å². The molecule has 1 aromatic rings. The SMILES string of the molecule is Cc1ccc(CCC(O)C(C)N)s1. The first kappa shape index (κ1) is 10.7. The van der Waals surface area contributed by atoms with Crippen LogP contribution in [0.5, 0.6) is 0 Å². The van der Waals surface area contributed by atoms with Crippen molar-refractivity contribution in [1.82, 2.24) is 0 Å². The Kier molecular flexibility index (Phi) is 3.90. The number of aliphatic hydroxyl groups is 1. The zero-order chi connectivity index (χ0) is 9.84. The first-order chi connectivity index (χ1) is 6.09. The number of hydrogen-bond donors (Lipinski definition) is 2. The highest BCUT2D eigenvalue weighted by atomic mass is 32.1. The van der Waals surface area contributed by atoms with Gasteiger partial charge in [0.05, 0.1) is 6.10 Å². The van der Waals surface area contributed by atoms with Crippen LogP contribution in [0.25, 0.3) is 0 Å². The molecule has 2 nitrogen and oxygen atoms in total. The zero-order valence-electron chi connectivity index (χ0n) is 8.16. The van der Waals surface area contributed by atoms with E-state index in [1.165, 1.54) is 9.75 Å². The molecule has 0 spiro atoms. The van der Waals surface area contributed by atoms with Crippen molar-refractivity contribution in [2.45, 2.75) is 38.8 Å².